The number of benzene rings is 2. The number of aromatic nitrogens is 1. The number of carbonyl (C=O) groups excluding carboxylic acids is 1. The zero-order chi connectivity index (χ0) is 17.8. The van der Waals surface area contributed by atoms with Crippen molar-refractivity contribution in [3.8, 4) is 17.0 Å². The average molecular weight is 335 g/mol. The second-order valence-corrected chi connectivity index (χ2v) is 5.59. The Morgan fingerprint density at radius 2 is 1.96 bits per heavy atom. The summed E-state index contributed by atoms with van der Waals surface area (Å²) >= 11 is 0. The molecule has 0 aliphatic carbocycles. The van der Waals surface area contributed by atoms with Crippen LogP contribution in [0.3, 0.4) is 0 Å². The fourth-order valence-electron chi connectivity index (χ4n) is 2.41. The summed E-state index contributed by atoms with van der Waals surface area (Å²) in [4.78, 5) is 12.5. The van der Waals surface area contributed by atoms with Gasteiger partial charge < -0.3 is 9.63 Å². The van der Waals surface area contributed by atoms with E-state index in [1.807, 2.05) is 43.3 Å². The monoisotopic (exact) mass is 335 g/mol. The first kappa shape index (κ1) is 16.4. The van der Waals surface area contributed by atoms with Gasteiger partial charge in [0.05, 0.1) is 6.21 Å². The molecule has 2 aromatic carbocycles. The molecule has 0 unspecified atom stereocenters. The summed E-state index contributed by atoms with van der Waals surface area (Å²) in [6, 6.07) is 14.5. The van der Waals surface area contributed by atoms with E-state index < -0.39 is 5.91 Å². The summed E-state index contributed by atoms with van der Waals surface area (Å²) in [5, 5.41) is 17.7. The van der Waals surface area contributed by atoms with Gasteiger partial charge in [-0.25, -0.2) is 5.43 Å². The molecular formula is C19H17N3O3. The quantitative estimate of drug-likeness (QED) is 0.565. The van der Waals surface area contributed by atoms with Crippen LogP contribution in [0.25, 0.3) is 11.3 Å². The first-order valence-electron chi connectivity index (χ1n) is 7.71. The molecule has 1 aromatic heterocycles. The van der Waals surface area contributed by atoms with Gasteiger partial charge in [0.2, 0.25) is 0 Å². The van der Waals surface area contributed by atoms with E-state index in [2.05, 4.69) is 15.7 Å². The van der Waals surface area contributed by atoms with Gasteiger partial charge in [0.15, 0.2) is 0 Å². The Morgan fingerprint density at radius 3 is 2.68 bits per heavy atom. The molecule has 1 amide bonds. The third kappa shape index (κ3) is 3.58. The number of phenolic OH excluding ortho intramolecular Hbond substituents is 1. The number of aryl methyl sites for hydroxylation is 2. The van der Waals surface area contributed by atoms with Crippen molar-refractivity contribution in [2.24, 2.45) is 5.10 Å². The van der Waals surface area contributed by atoms with Crippen molar-refractivity contribution in [1.82, 2.24) is 10.6 Å². The summed E-state index contributed by atoms with van der Waals surface area (Å²) < 4.78 is 5.17. The highest BCUT2D eigenvalue weighted by Gasteiger charge is 2.21. The van der Waals surface area contributed by atoms with Gasteiger partial charge >= 0.3 is 0 Å². The molecule has 0 atom stereocenters. The van der Waals surface area contributed by atoms with Gasteiger partial charge in [-0.2, -0.15) is 5.10 Å². The van der Waals surface area contributed by atoms with E-state index >= 15 is 0 Å². The maximum atomic E-state index is 12.5. The van der Waals surface area contributed by atoms with E-state index in [0.717, 1.165) is 11.1 Å². The SMILES string of the molecule is Cc1ccc(/C=N\NC(=O)c2c(-c3ccccc3)noc2C)c(O)c1. The molecule has 0 saturated heterocycles. The molecule has 2 N–H and O–H groups in total. The van der Waals surface area contributed by atoms with Crippen LogP contribution in [0.1, 0.15) is 27.2 Å². The molecule has 0 fully saturated rings. The highest BCUT2D eigenvalue weighted by Crippen LogP contribution is 2.24. The molecule has 0 spiro atoms. The second kappa shape index (κ2) is 7.00. The smallest absolute Gasteiger partial charge is 0.277 e. The first-order chi connectivity index (χ1) is 12.1. The lowest BCUT2D eigenvalue weighted by Crippen LogP contribution is -2.18. The minimum atomic E-state index is -0.430. The summed E-state index contributed by atoms with van der Waals surface area (Å²) in [5.41, 5.74) is 5.47. The predicted octanol–water partition coefficient (Wildman–Crippen LogP) is 3.43. The Bertz CT molecular complexity index is 930. The molecule has 6 nitrogen and oxygen atoms in total. The molecule has 0 bridgehead atoms. The lowest BCUT2D eigenvalue weighted by atomic mass is 10.1. The molecule has 0 saturated carbocycles. The fraction of sp³-hybridized carbons (Fsp3) is 0.105. The van der Waals surface area contributed by atoms with Crippen LogP contribution in [0, 0.1) is 13.8 Å². The van der Waals surface area contributed by atoms with Crippen LogP contribution in [-0.4, -0.2) is 22.4 Å². The van der Waals surface area contributed by atoms with Gasteiger partial charge in [-0.05, 0) is 31.5 Å². The molecule has 0 aliphatic heterocycles. The van der Waals surface area contributed by atoms with E-state index in [1.165, 1.54) is 6.21 Å². The average Bonchev–Trinajstić information content (AvgIpc) is 2.99. The summed E-state index contributed by atoms with van der Waals surface area (Å²) in [6.45, 7) is 3.55. The van der Waals surface area contributed by atoms with E-state index in [1.54, 1.807) is 19.1 Å². The molecule has 3 aromatic rings. The number of phenols is 1. The largest absolute Gasteiger partial charge is 0.507 e. The van der Waals surface area contributed by atoms with Crippen LogP contribution in [0.2, 0.25) is 0 Å². The normalized spacial score (nSPS) is 11.0. The Kier molecular flexibility index (Phi) is 4.61. The summed E-state index contributed by atoms with van der Waals surface area (Å²) in [7, 11) is 0. The zero-order valence-corrected chi connectivity index (χ0v) is 13.9. The standard InChI is InChI=1S/C19H17N3O3/c1-12-8-9-15(16(23)10-12)11-20-21-19(24)17-13(2)25-22-18(17)14-6-4-3-5-7-14/h3-11,23H,1-2H3,(H,21,24)/b20-11-. The number of carbonyl (C=O) groups is 1. The molecular weight excluding hydrogens is 318 g/mol. The van der Waals surface area contributed by atoms with Gasteiger partial charge in [0, 0.05) is 11.1 Å². The van der Waals surface area contributed by atoms with E-state index in [0.29, 0.717) is 22.6 Å². The summed E-state index contributed by atoms with van der Waals surface area (Å²) in [5.74, 6) is 0.0781. The molecule has 1 heterocycles. The van der Waals surface area contributed by atoms with Gasteiger partial charge in [-0.1, -0.05) is 41.6 Å². The number of amides is 1. The number of rotatable bonds is 4. The molecule has 6 heteroatoms. The van der Waals surface area contributed by atoms with E-state index in [4.69, 9.17) is 4.52 Å². The lowest BCUT2D eigenvalue weighted by Gasteiger charge is -2.02. The van der Waals surface area contributed by atoms with Crippen molar-refractivity contribution in [1.29, 1.82) is 0 Å². The van der Waals surface area contributed by atoms with Crippen molar-refractivity contribution < 1.29 is 14.4 Å². The minimum absolute atomic E-state index is 0.101. The maximum Gasteiger partial charge on any atom is 0.277 e. The topological polar surface area (TPSA) is 87.7 Å². The molecule has 126 valence electrons. The van der Waals surface area contributed by atoms with E-state index in [-0.39, 0.29) is 5.75 Å². The molecule has 0 aliphatic rings. The predicted molar refractivity (Wildman–Crippen MR) is 94.6 cm³/mol. The highest BCUT2D eigenvalue weighted by molar-refractivity contribution is 6.01. The van der Waals surface area contributed by atoms with Crippen molar-refractivity contribution in [2.45, 2.75) is 13.8 Å². The van der Waals surface area contributed by atoms with Crippen LogP contribution in [0.4, 0.5) is 0 Å². The van der Waals surface area contributed by atoms with Crippen LogP contribution < -0.4 is 5.43 Å². The lowest BCUT2D eigenvalue weighted by molar-refractivity contribution is 0.0954. The summed E-state index contributed by atoms with van der Waals surface area (Å²) in [6.07, 6.45) is 1.39. The first-order valence-corrected chi connectivity index (χ1v) is 7.71. The third-order valence-corrected chi connectivity index (χ3v) is 3.69. The third-order valence-electron chi connectivity index (χ3n) is 3.69. The van der Waals surface area contributed by atoms with Crippen LogP contribution in [-0.2, 0) is 0 Å². The second-order valence-electron chi connectivity index (χ2n) is 5.59. The van der Waals surface area contributed by atoms with Crippen molar-refractivity contribution >= 4 is 12.1 Å². The van der Waals surface area contributed by atoms with Gasteiger partial charge in [0.1, 0.15) is 22.8 Å². The Balaban J connectivity index is 1.80. The number of hydrazone groups is 1. The minimum Gasteiger partial charge on any atom is -0.507 e. The molecule has 0 radical (unpaired) electrons. The Morgan fingerprint density at radius 1 is 1.20 bits per heavy atom. The number of hydrogen-bond donors (Lipinski definition) is 2. The van der Waals surface area contributed by atoms with Gasteiger partial charge in [0.25, 0.3) is 5.91 Å². The van der Waals surface area contributed by atoms with Crippen molar-refractivity contribution in [3.05, 3.63) is 71.0 Å². The molecule has 3 rings (SSSR count). The fourth-order valence-corrected chi connectivity index (χ4v) is 2.41. The highest BCUT2D eigenvalue weighted by atomic mass is 16.5. The van der Waals surface area contributed by atoms with Crippen LogP contribution in [0.15, 0.2) is 58.2 Å². The number of aromatic hydroxyl groups is 1. The van der Waals surface area contributed by atoms with Crippen molar-refractivity contribution in [3.63, 3.8) is 0 Å². The Hall–Kier alpha value is -3.41. The number of hydrogen-bond acceptors (Lipinski definition) is 5. The van der Waals surface area contributed by atoms with E-state index in [9.17, 15) is 9.90 Å². The number of nitrogens with one attached hydrogen (secondary N) is 1. The van der Waals surface area contributed by atoms with Gasteiger partial charge in [-0.3, -0.25) is 4.79 Å². The maximum absolute atomic E-state index is 12.5. The van der Waals surface area contributed by atoms with Gasteiger partial charge in [-0.15, -0.1) is 0 Å². The zero-order valence-electron chi connectivity index (χ0n) is 13.9. The Labute approximate surface area is 144 Å². The number of nitrogens with zero attached hydrogens (tertiary/aromatic N) is 2. The van der Waals surface area contributed by atoms with Crippen LogP contribution in [0.5, 0.6) is 5.75 Å². The van der Waals surface area contributed by atoms with Crippen molar-refractivity contribution in [2.75, 3.05) is 0 Å². The van der Waals surface area contributed by atoms with Crippen LogP contribution >= 0.6 is 0 Å². The molecule has 25 heavy (non-hydrogen) atoms.